The Morgan fingerprint density at radius 3 is 2.90 bits per heavy atom. The van der Waals surface area contributed by atoms with Gasteiger partial charge in [0, 0.05) is 29.6 Å². The highest BCUT2D eigenvalue weighted by molar-refractivity contribution is 5.98. The molecule has 4 aromatic rings. The highest BCUT2D eigenvalue weighted by Crippen LogP contribution is 2.30. The predicted molar refractivity (Wildman–Crippen MR) is 120 cm³/mol. The van der Waals surface area contributed by atoms with Crippen LogP contribution in [0.25, 0.3) is 16.5 Å². The number of hydrogen-bond acceptors (Lipinski definition) is 4. The monoisotopic (exact) mass is 412 g/mol. The predicted octanol–water partition coefficient (Wildman–Crippen LogP) is 4.63. The Kier molecular flexibility index (Phi) is 5.12. The summed E-state index contributed by atoms with van der Waals surface area (Å²) in [7, 11) is 0. The van der Waals surface area contributed by atoms with Gasteiger partial charge >= 0.3 is 0 Å². The first-order valence-corrected chi connectivity index (χ1v) is 10.7. The zero-order valence-corrected chi connectivity index (χ0v) is 17.4. The number of benzene rings is 2. The van der Waals surface area contributed by atoms with E-state index in [1.165, 1.54) is 0 Å². The van der Waals surface area contributed by atoms with E-state index in [0.717, 1.165) is 47.0 Å². The number of amides is 1. The van der Waals surface area contributed by atoms with E-state index in [2.05, 4.69) is 16.4 Å². The Labute approximate surface area is 180 Å². The molecular weight excluding hydrogens is 388 g/mol. The van der Waals surface area contributed by atoms with Gasteiger partial charge in [-0.1, -0.05) is 30.3 Å². The summed E-state index contributed by atoms with van der Waals surface area (Å²) in [6, 6.07) is 17.6. The van der Waals surface area contributed by atoms with Crippen LogP contribution in [0.5, 0.6) is 5.88 Å². The Morgan fingerprint density at radius 2 is 2.03 bits per heavy atom. The molecule has 6 nitrogen and oxygen atoms in total. The lowest BCUT2D eigenvalue weighted by Crippen LogP contribution is -2.30. The van der Waals surface area contributed by atoms with Gasteiger partial charge in [-0.25, -0.2) is 9.67 Å². The van der Waals surface area contributed by atoms with Crippen molar-refractivity contribution in [3.8, 4) is 11.6 Å². The number of rotatable bonds is 5. The number of aromatic nitrogens is 3. The molecule has 1 aliphatic carbocycles. The van der Waals surface area contributed by atoms with Crippen LogP contribution in [0.2, 0.25) is 0 Å². The number of fused-ring (bicyclic) bond motifs is 2. The van der Waals surface area contributed by atoms with E-state index in [-0.39, 0.29) is 11.9 Å². The summed E-state index contributed by atoms with van der Waals surface area (Å²) < 4.78 is 7.37. The van der Waals surface area contributed by atoms with Crippen LogP contribution in [0.4, 0.5) is 0 Å². The average molecular weight is 412 g/mol. The van der Waals surface area contributed by atoms with Crippen molar-refractivity contribution in [2.24, 2.45) is 0 Å². The highest BCUT2D eigenvalue weighted by Gasteiger charge is 2.25. The summed E-state index contributed by atoms with van der Waals surface area (Å²) in [6.45, 7) is 2.50. The molecule has 1 unspecified atom stereocenters. The van der Waals surface area contributed by atoms with Crippen molar-refractivity contribution in [1.82, 2.24) is 20.1 Å². The third kappa shape index (κ3) is 3.89. The molecule has 6 heteroatoms. The van der Waals surface area contributed by atoms with Crippen LogP contribution in [-0.2, 0) is 6.42 Å². The van der Waals surface area contributed by atoms with Gasteiger partial charge < -0.3 is 10.1 Å². The minimum atomic E-state index is -0.0566. The van der Waals surface area contributed by atoms with E-state index >= 15 is 0 Å². The van der Waals surface area contributed by atoms with Crippen molar-refractivity contribution >= 4 is 16.7 Å². The quantitative estimate of drug-likeness (QED) is 0.519. The van der Waals surface area contributed by atoms with Crippen LogP contribution in [0.3, 0.4) is 0 Å². The summed E-state index contributed by atoms with van der Waals surface area (Å²) in [6.07, 6.45) is 6.55. The molecule has 0 fully saturated rings. The van der Waals surface area contributed by atoms with Crippen molar-refractivity contribution in [2.75, 3.05) is 6.61 Å². The van der Waals surface area contributed by atoms with E-state index < -0.39 is 0 Å². The average Bonchev–Trinajstić information content (AvgIpc) is 3.25. The molecule has 5 rings (SSSR count). The van der Waals surface area contributed by atoms with Gasteiger partial charge in [-0.05, 0) is 55.2 Å². The number of nitrogens with zero attached hydrogens (tertiary/aromatic N) is 3. The Bertz CT molecular complexity index is 1250. The molecule has 2 aromatic heterocycles. The van der Waals surface area contributed by atoms with E-state index in [9.17, 15) is 4.79 Å². The molecule has 31 heavy (non-hydrogen) atoms. The number of aryl methyl sites for hydroxylation is 1. The van der Waals surface area contributed by atoms with Gasteiger partial charge in [-0.3, -0.25) is 4.79 Å². The van der Waals surface area contributed by atoms with E-state index in [1.54, 1.807) is 6.20 Å². The van der Waals surface area contributed by atoms with Crippen LogP contribution in [0, 0.1) is 0 Å². The fourth-order valence-corrected chi connectivity index (χ4v) is 4.16. The fourth-order valence-electron chi connectivity index (χ4n) is 4.16. The molecule has 1 atom stereocenters. The highest BCUT2D eigenvalue weighted by atomic mass is 16.5. The lowest BCUT2D eigenvalue weighted by molar-refractivity contribution is 0.0933. The molecule has 1 amide bonds. The number of carbonyl (C=O) groups is 1. The minimum Gasteiger partial charge on any atom is -0.478 e. The number of carbonyl (C=O) groups excluding carboxylic acids is 1. The summed E-state index contributed by atoms with van der Waals surface area (Å²) >= 11 is 0. The van der Waals surface area contributed by atoms with Crippen molar-refractivity contribution in [3.63, 3.8) is 0 Å². The first kappa shape index (κ1) is 19.3. The Balaban J connectivity index is 1.39. The number of hydrogen-bond donors (Lipinski definition) is 1. The SMILES string of the molecule is CCOc1cc(-n2cc3c(n2)CCCC3NC(=O)c2ccc3ccccc3c2)ccn1. The van der Waals surface area contributed by atoms with Crippen molar-refractivity contribution in [3.05, 3.63) is 83.8 Å². The maximum Gasteiger partial charge on any atom is 0.251 e. The molecule has 0 spiro atoms. The van der Waals surface area contributed by atoms with Crippen molar-refractivity contribution in [1.29, 1.82) is 0 Å². The van der Waals surface area contributed by atoms with Gasteiger partial charge in [0.1, 0.15) is 0 Å². The first-order valence-electron chi connectivity index (χ1n) is 10.7. The van der Waals surface area contributed by atoms with Crippen LogP contribution < -0.4 is 10.1 Å². The Morgan fingerprint density at radius 1 is 1.16 bits per heavy atom. The third-order valence-corrected chi connectivity index (χ3v) is 5.70. The molecule has 1 aliphatic rings. The summed E-state index contributed by atoms with van der Waals surface area (Å²) in [4.78, 5) is 17.2. The summed E-state index contributed by atoms with van der Waals surface area (Å²) in [5, 5.41) is 10.2. The Hall–Kier alpha value is -3.67. The molecule has 156 valence electrons. The number of ether oxygens (including phenoxy) is 1. The van der Waals surface area contributed by atoms with Crippen LogP contribution in [0.15, 0.2) is 67.0 Å². The molecule has 0 radical (unpaired) electrons. The van der Waals surface area contributed by atoms with Gasteiger partial charge in [-0.2, -0.15) is 5.10 Å². The van der Waals surface area contributed by atoms with Crippen LogP contribution in [0.1, 0.15) is 47.4 Å². The molecule has 2 heterocycles. The van der Waals surface area contributed by atoms with E-state index in [4.69, 9.17) is 9.84 Å². The third-order valence-electron chi connectivity index (χ3n) is 5.70. The fraction of sp³-hybridized carbons (Fsp3) is 0.240. The second kappa shape index (κ2) is 8.22. The van der Waals surface area contributed by atoms with Crippen molar-refractivity contribution < 1.29 is 9.53 Å². The number of nitrogens with one attached hydrogen (secondary N) is 1. The minimum absolute atomic E-state index is 0.0512. The van der Waals surface area contributed by atoms with E-state index in [1.807, 2.05) is 66.3 Å². The molecular formula is C25H24N4O2. The van der Waals surface area contributed by atoms with Crippen LogP contribution in [-0.4, -0.2) is 27.3 Å². The summed E-state index contributed by atoms with van der Waals surface area (Å²) in [5.41, 5.74) is 3.68. The molecule has 2 aromatic carbocycles. The van der Waals surface area contributed by atoms with Gasteiger partial charge in [0.25, 0.3) is 5.91 Å². The topological polar surface area (TPSA) is 69.0 Å². The maximum atomic E-state index is 13.0. The summed E-state index contributed by atoms with van der Waals surface area (Å²) in [5.74, 6) is 0.522. The maximum absolute atomic E-state index is 13.0. The first-order chi connectivity index (χ1) is 15.2. The zero-order chi connectivity index (χ0) is 21.2. The molecule has 0 bridgehead atoms. The standard InChI is InChI=1S/C25H24N4O2/c1-2-31-24-15-20(12-13-26-24)29-16-21-22(8-5-9-23(21)28-29)27-25(30)19-11-10-17-6-3-4-7-18(17)14-19/h3-4,6-7,10-16,22H,2,5,8-9H2,1H3,(H,27,30). The smallest absolute Gasteiger partial charge is 0.251 e. The normalized spacial score (nSPS) is 15.5. The second-order valence-corrected chi connectivity index (χ2v) is 7.74. The lowest BCUT2D eigenvalue weighted by atomic mass is 9.93. The molecule has 0 aliphatic heterocycles. The van der Waals surface area contributed by atoms with Crippen molar-refractivity contribution in [2.45, 2.75) is 32.2 Å². The van der Waals surface area contributed by atoms with Gasteiger partial charge in [-0.15, -0.1) is 0 Å². The molecule has 0 saturated carbocycles. The molecule has 0 saturated heterocycles. The van der Waals surface area contributed by atoms with Gasteiger partial charge in [0.2, 0.25) is 5.88 Å². The second-order valence-electron chi connectivity index (χ2n) is 7.74. The molecule has 1 N–H and O–H groups in total. The zero-order valence-electron chi connectivity index (χ0n) is 17.4. The van der Waals surface area contributed by atoms with Crippen LogP contribution >= 0.6 is 0 Å². The lowest BCUT2D eigenvalue weighted by Gasteiger charge is -2.22. The van der Waals surface area contributed by atoms with E-state index in [0.29, 0.717) is 18.1 Å². The number of pyridine rings is 1. The van der Waals surface area contributed by atoms with Gasteiger partial charge in [0.15, 0.2) is 0 Å². The largest absolute Gasteiger partial charge is 0.478 e. The van der Waals surface area contributed by atoms with Gasteiger partial charge in [0.05, 0.1) is 24.0 Å².